The molecule has 2 aromatic heterocycles. The number of halogens is 2. The van der Waals surface area contributed by atoms with Gasteiger partial charge in [0, 0.05) is 16.9 Å². The van der Waals surface area contributed by atoms with Gasteiger partial charge in [-0.05, 0) is 12.1 Å². The van der Waals surface area contributed by atoms with E-state index in [-0.39, 0.29) is 10.2 Å². The van der Waals surface area contributed by atoms with Crippen LogP contribution in [-0.4, -0.2) is 17.8 Å². The van der Waals surface area contributed by atoms with Crippen molar-refractivity contribution >= 4 is 37.0 Å². The summed E-state index contributed by atoms with van der Waals surface area (Å²) in [6, 6.07) is 5.03. The zero-order chi connectivity index (χ0) is 10.3. The Balaban J connectivity index is 2.95. The average Bonchev–Trinajstić information content (AvgIpc) is 2.38. The van der Waals surface area contributed by atoms with Crippen LogP contribution in [0.5, 0.6) is 0 Å². The van der Waals surface area contributed by atoms with E-state index in [2.05, 4.69) is 4.98 Å². The predicted molar refractivity (Wildman–Crippen MR) is 53.2 cm³/mol. The molecule has 0 saturated carbocycles. The van der Waals surface area contributed by atoms with Crippen molar-refractivity contribution in [2.75, 3.05) is 0 Å². The third kappa shape index (κ3) is 1.47. The van der Waals surface area contributed by atoms with Crippen LogP contribution in [0.2, 0.25) is 5.15 Å². The Labute approximate surface area is 89.5 Å². The maximum absolute atomic E-state index is 11.1. The van der Waals surface area contributed by atoms with Gasteiger partial charge in [-0.3, -0.25) is 4.40 Å². The molecule has 14 heavy (non-hydrogen) atoms. The first kappa shape index (κ1) is 9.76. The first-order chi connectivity index (χ1) is 6.50. The summed E-state index contributed by atoms with van der Waals surface area (Å²) in [5, 5.41) is -0.317. The molecule has 2 aromatic rings. The lowest BCUT2D eigenvalue weighted by atomic mass is 10.5. The number of hydrogen-bond acceptors (Lipinski definition) is 3. The first-order valence-corrected chi connectivity index (χ1v) is 6.26. The van der Waals surface area contributed by atoms with E-state index in [1.807, 2.05) is 0 Å². The van der Waals surface area contributed by atoms with Crippen LogP contribution in [0.4, 0.5) is 0 Å². The van der Waals surface area contributed by atoms with Crippen LogP contribution in [0, 0.1) is 0 Å². The van der Waals surface area contributed by atoms with Crippen molar-refractivity contribution in [2.45, 2.75) is 5.03 Å². The minimum absolute atomic E-state index is 0.119. The van der Waals surface area contributed by atoms with Gasteiger partial charge >= 0.3 is 0 Å². The van der Waals surface area contributed by atoms with E-state index in [4.69, 9.17) is 22.3 Å². The molecule has 0 aliphatic heterocycles. The Bertz CT molecular complexity index is 591. The molecule has 2 rings (SSSR count). The highest BCUT2D eigenvalue weighted by molar-refractivity contribution is 8.13. The summed E-state index contributed by atoms with van der Waals surface area (Å²) in [6.07, 6.45) is 1.53. The molecular weight excluding hydrogens is 247 g/mol. The molecule has 0 N–H and O–H groups in total. The monoisotopic (exact) mass is 250 g/mol. The van der Waals surface area contributed by atoms with Gasteiger partial charge in [-0.25, -0.2) is 13.4 Å². The van der Waals surface area contributed by atoms with E-state index in [0.717, 1.165) is 0 Å². The molecular formula is C7H4Cl2N2O2S. The second-order valence-electron chi connectivity index (χ2n) is 2.57. The van der Waals surface area contributed by atoms with Crippen LogP contribution in [0.15, 0.2) is 29.4 Å². The van der Waals surface area contributed by atoms with E-state index in [1.54, 1.807) is 18.2 Å². The third-order valence-corrected chi connectivity index (χ3v) is 3.34. The van der Waals surface area contributed by atoms with E-state index in [9.17, 15) is 8.42 Å². The minimum Gasteiger partial charge on any atom is -0.288 e. The first-order valence-electron chi connectivity index (χ1n) is 3.57. The summed E-state index contributed by atoms with van der Waals surface area (Å²) in [6.45, 7) is 0. The number of nitrogens with zero attached hydrogens (tertiary/aromatic N) is 2. The number of rotatable bonds is 1. The Morgan fingerprint density at radius 3 is 2.71 bits per heavy atom. The van der Waals surface area contributed by atoms with Crippen molar-refractivity contribution in [1.29, 1.82) is 0 Å². The van der Waals surface area contributed by atoms with Crippen LogP contribution in [-0.2, 0) is 9.05 Å². The predicted octanol–water partition coefficient (Wildman–Crippen LogP) is 1.92. The third-order valence-electron chi connectivity index (χ3n) is 1.68. The summed E-state index contributed by atoms with van der Waals surface area (Å²) < 4.78 is 23.6. The van der Waals surface area contributed by atoms with Gasteiger partial charge in [0.25, 0.3) is 9.05 Å². The molecule has 0 fully saturated rings. The molecule has 0 radical (unpaired) electrons. The molecule has 7 heteroatoms. The Morgan fingerprint density at radius 1 is 1.36 bits per heavy atom. The van der Waals surface area contributed by atoms with Crippen LogP contribution in [0.3, 0.4) is 0 Å². The number of pyridine rings is 1. The second kappa shape index (κ2) is 3.12. The largest absolute Gasteiger partial charge is 0.288 e. The summed E-state index contributed by atoms with van der Waals surface area (Å²) >= 11 is 5.66. The highest BCUT2D eigenvalue weighted by atomic mass is 35.7. The van der Waals surface area contributed by atoms with Crippen LogP contribution in [0.1, 0.15) is 0 Å². The lowest BCUT2D eigenvalue weighted by Crippen LogP contribution is -1.96. The van der Waals surface area contributed by atoms with E-state index in [0.29, 0.717) is 5.65 Å². The summed E-state index contributed by atoms with van der Waals surface area (Å²) in [7, 11) is 1.34. The molecule has 0 aromatic carbocycles. The Kier molecular flexibility index (Phi) is 2.17. The summed E-state index contributed by atoms with van der Waals surface area (Å²) in [5.74, 6) is 0. The van der Waals surface area contributed by atoms with Crippen LogP contribution in [0.25, 0.3) is 5.65 Å². The van der Waals surface area contributed by atoms with Crippen molar-refractivity contribution in [2.24, 2.45) is 0 Å². The average molecular weight is 251 g/mol. The lowest BCUT2D eigenvalue weighted by Gasteiger charge is -1.95. The van der Waals surface area contributed by atoms with Crippen molar-refractivity contribution in [3.05, 3.63) is 29.5 Å². The van der Waals surface area contributed by atoms with Gasteiger partial charge in [0.05, 0.1) is 0 Å². The smallest absolute Gasteiger partial charge is 0.280 e. The van der Waals surface area contributed by atoms with Gasteiger partial charge in [0.2, 0.25) is 0 Å². The Morgan fingerprint density at radius 2 is 2.07 bits per heavy atom. The highest BCUT2D eigenvalue weighted by Crippen LogP contribution is 2.25. The topological polar surface area (TPSA) is 51.4 Å². The minimum atomic E-state index is -3.88. The van der Waals surface area contributed by atoms with Gasteiger partial charge in [-0.1, -0.05) is 17.7 Å². The van der Waals surface area contributed by atoms with Gasteiger partial charge in [0.15, 0.2) is 10.2 Å². The second-order valence-corrected chi connectivity index (χ2v) is 5.41. The van der Waals surface area contributed by atoms with E-state index >= 15 is 0 Å². The van der Waals surface area contributed by atoms with E-state index < -0.39 is 9.05 Å². The van der Waals surface area contributed by atoms with Crippen molar-refractivity contribution in [1.82, 2.24) is 9.38 Å². The van der Waals surface area contributed by atoms with Crippen LogP contribution < -0.4 is 0 Å². The SMILES string of the molecule is O=S(=O)(Cl)c1c(Cl)nc2ccccn12. The standard InChI is InChI=1S/C7H4Cl2N2O2S/c8-6-7(14(9,12)13)11-4-2-1-3-5(11)10-6/h1-4H. The molecule has 0 aliphatic rings. The lowest BCUT2D eigenvalue weighted by molar-refractivity contribution is 0.605. The molecule has 0 saturated heterocycles. The van der Waals surface area contributed by atoms with Gasteiger partial charge in [-0.2, -0.15) is 0 Å². The van der Waals surface area contributed by atoms with Gasteiger partial charge in [0.1, 0.15) is 5.65 Å². The molecule has 0 spiro atoms. The number of imidazole rings is 1. The molecule has 0 unspecified atom stereocenters. The van der Waals surface area contributed by atoms with Crippen molar-refractivity contribution in [3.8, 4) is 0 Å². The molecule has 0 bridgehead atoms. The quantitative estimate of drug-likeness (QED) is 0.727. The fraction of sp³-hybridized carbons (Fsp3) is 0. The summed E-state index contributed by atoms with van der Waals surface area (Å²) in [4.78, 5) is 3.84. The van der Waals surface area contributed by atoms with Gasteiger partial charge in [-0.15, -0.1) is 0 Å². The number of fused-ring (bicyclic) bond motifs is 1. The van der Waals surface area contributed by atoms with Crippen molar-refractivity contribution < 1.29 is 8.42 Å². The van der Waals surface area contributed by atoms with Gasteiger partial charge < -0.3 is 0 Å². The number of hydrogen-bond donors (Lipinski definition) is 0. The maximum atomic E-state index is 11.1. The molecule has 74 valence electrons. The Hall–Kier alpha value is -0.780. The molecule has 4 nitrogen and oxygen atoms in total. The zero-order valence-corrected chi connectivity index (χ0v) is 9.01. The van der Waals surface area contributed by atoms with E-state index in [1.165, 1.54) is 10.6 Å². The molecule has 0 atom stereocenters. The maximum Gasteiger partial charge on any atom is 0.280 e. The molecule has 0 amide bonds. The number of aromatic nitrogens is 2. The fourth-order valence-corrected chi connectivity index (χ4v) is 2.84. The van der Waals surface area contributed by atoms with Crippen molar-refractivity contribution in [3.63, 3.8) is 0 Å². The molecule has 2 heterocycles. The highest BCUT2D eigenvalue weighted by Gasteiger charge is 2.21. The fourth-order valence-electron chi connectivity index (χ4n) is 1.16. The summed E-state index contributed by atoms with van der Waals surface area (Å²) in [5.41, 5.74) is 0.441. The zero-order valence-electron chi connectivity index (χ0n) is 6.68. The van der Waals surface area contributed by atoms with Crippen LogP contribution >= 0.6 is 22.3 Å². The molecule has 0 aliphatic carbocycles. The normalized spacial score (nSPS) is 12.1.